The summed E-state index contributed by atoms with van der Waals surface area (Å²) in [7, 11) is 3.94. The van der Waals surface area contributed by atoms with Crippen molar-refractivity contribution in [2.45, 2.75) is 13.0 Å². The van der Waals surface area contributed by atoms with Gasteiger partial charge in [-0.05, 0) is 50.8 Å². The van der Waals surface area contributed by atoms with Gasteiger partial charge < -0.3 is 23.9 Å². The predicted octanol–water partition coefficient (Wildman–Crippen LogP) is 3.37. The van der Waals surface area contributed by atoms with Gasteiger partial charge in [-0.15, -0.1) is 0 Å². The number of nitrogens with zero attached hydrogens (tertiary/aromatic N) is 2. The number of hydrogen-bond acceptors (Lipinski definition) is 6. The molecule has 0 aliphatic heterocycles. The molecule has 3 rings (SSSR count). The van der Waals surface area contributed by atoms with Crippen molar-refractivity contribution in [1.82, 2.24) is 15.4 Å². The summed E-state index contributed by atoms with van der Waals surface area (Å²) in [6.45, 7) is 3.01. The monoisotopic (exact) mass is 369 g/mol. The Labute approximate surface area is 157 Å². The van der Waals surface area contributed by atoms with Crippen LogP contribution in [0.4, 0.5) is 0 Å². The number of likely N-dealkylation sites (N-methyl/N-ethyl adjacent to an activating group) is 1. The van der Waals surface area contributed by atoms with Crippen molar-refractivity contribution in [3.05, 3.63) is 60.0 Å². The zero-order chi connectivity index (χ0) is 19.2. The molecule has 1 unspecified atom stereocenters. The molecule has 142 valence electrons. The van der Waals surface area contributed by atoms with Crippen LogP contribution in [0, 0.1) is 0 Å². The number of ether oxygens (including phenoxy) is 1. The van der Waals surface area contributed by atoms with E-state index in [1.807, 2.05) is 50.2 Å². The van der Waals surface area contributed by atoms with Crippen molar-refractivity contribution >= 4 is 5.91 Å². The normalized spacial score (nSPS) is 12.1. The summed E-state index contributed by atoms with van der Waals surface area (Å²) in [5.74, 6) is 1.48. The van der Waals surface area contributed by atoms with Gasteiger partial charge in [-0.2, -0.15) is 0 Å². The minimum atomic E-state index is -0.297. The van der Waals surface area contributed by atoms with E-state index in [4.69, 9.17) is 13.7 Å². The molecule has 0 saturated heterocycles. The lowest BCUT2D eigenvalue weighted by molar-refractivity contribution is 0.0933. The van der Waals surface area contributed by atoms with Crippen molar-refractivity contribution < 1.29 is 18.5 Å². The minimum absolute atomic E-state index is 0.0149. The fourth-order valence-corrected chi connectivity index (χ4v) is 2.75. The number of carbonyl (C=O) groups excluding carboxylic acids is 1. The van der Waals surface area contributed by atoms with Crippen molar-refractivity contribution in [3.8, 4) is 17.3 Å². The second-order valence-corrected chi connectivity index (χ2v) is 6.25. The standard InChI is InChI=1S/C20H23N3O4/c1-4-25-15-9-7-14(8-10-15)17(23(2)3)13-21-20(24)16-12-19(27-22-16)18-6-5-11-26-18/h5-12,17H,4,13H2,1-3H3,(H,21,24). The first-order valence-corrected chi connectivity index (χ1v) is 8.76. The molecule has 0 aliphatic rings. The Hall–Kier alpha value is -3.06. The van der Waals surface area contributed by atoms with E-state index in [9.17, 15) is 4.79 Å². The van der Waals surface area contributed by atoms with Crippen LogP contribution < -0.4 is 10.1 Å². The van der Waals surface area contributed by atoms with Crippen LogP contribution in [0.2, 0.25) is 0 Å². The third kappa shape index (κ3) is 4.57. The minimum Gasteiger partial charge on any atom is -0.494 e. The van der Waals surface area contributed by atoms with Crippen LogP contribution in [0.15, 0.2) is 57.7 Å². The molecule has 0 fully saturated rings. The SMILES string of the molecule is CCOc1ccc(C(CNC(=O)c2cc(-c3ccco3)on2)N(C)C)cc1. The molecule has 0 spiro atoms. The summed E-state index contributed by atoms with van der Waals surface area (Å²) >= 11 is 0. The van der Waals surface area contributed by atoms with Crippen LogP contribution in [0.25, 0.3) is 11.5 Å². The maximum atomic E-state index is 12.4. The van der Waals surface area contributed by atoms with Gasteiger partial charge in [0.25, 0.3) is 5.91 Å². The fourth-order valence-electron chi connectivity index (χ4n) is 2.75. The lowest BCUT2D eigenvalue weighted by Crippen LogP contribution is -2.34. The number of amides is 1. The molecule has 7 nitrogen and oxygen atoms in total. The first-order valence-electron chi connectivity index (χ1n) is 8.76. The third-order valence-electron chi connectivity index (χ3n) is 4.16. The van der Waals surface area contributed by atoms with Crippen LogP contribution in [0.3, 0.4) is 0 Å². The number of furan rings is 1. The van der Waals surface area contributed by atoms with Crippen molar-refractivity contribution in [1.29, 1.82) is 0 Å². The van der Waals surface area contributed by atoms with Crippen LogP contribution in [0.5, 0.6) is 5.75 Å². The molecule has 2 heterocycles. The van der Waals surface area contributed by atoms with Gasteiger partial charge in [-0.3, -0.25) is 4.79 Å². The number of nitrogens with one attached hydrogen (secondary N) is 1. The molecule has 0 bridgehead atoms. The highest BCUT2D eigenvalue weighted by atomic mass is 16.5. The van der Waals surface area contributed by atoms with E-state index in [2.05, 4.69) is 10.5 Å². The van der Waals surface area contributed by atoms with Crippen molar-refractivity contribution in [3.63, 3.8) is 0 Å². The zero-order valence-corrected chi connectivity index (χ0v) is 15.6. The Morgan fingerprint density at radius 2 is 2.00 bits per heavy atom. The lowest BCUT2D eigenvalue weighted by atomic mass is 10.1. The van der Waals surface area contributed by atoms with Crippen LogP contribution >= 0.6 is 0 Å². The number of carbonyl (C=O) groups is 1. The largest absolute Gasteiger partial charge is 0.494 e. The molecular formula is C20H23N3O4. The summed E-state index contributed by atoms with van der Waals surface area (Å²) in [6.07, 6.45) is 1.54. The topological polar surface area (TPSA) is 80.7 Å². The summed E-state index contributed by atoms with van der Waals surface area (Å²) in [4.78, 5) is 14.5. The third-order valence-corrected chi connectivity index (χ3v) is 4.16. The number of aromatic nitrogens is 1. The summed E-state index contributed by atoms with van der Waals surface area (Å²) in [6, 6.07) is 13.0. The second kappa shape index (κ2) is 8.55. The predicted molar refractivity (Wildman–Crippen MR) is 101 cm³/mol. The lowest BCUT2D eigenvalue weighted by Gasteiger charge is -2.25. The Morgan fingerprint density at radius 1 is 1.22 bits per heavy atom. The van der Waals surface area contributed by atoms with Gasteiger partial charge in [0, 0.05) is 12.6 Å². The molecule has 2 aromatic heterocycles. The second-order valence-electron chi connectivity index (χ2n) is 6.25. The highest BCUT2D eigenvalue weighted by molar-refractivity contribution is 5.92. The smallest absolute Gasteiger partial charge is 0.273 e. The molecule has 0 saturated carbocycles. The van der Waals surface area contributed by atoms with Gasteiger partial charge in [0.05, 0.1) is 18.9 Å². The molecule has 1 N–H and O–H groups in total. The number of rotatable bonds is 8. The van der Waals surface area contributed by atoms with Gasteiger partial charge in [0.1, 0.15) is 5.75 Å². The molecular weight excluding hydrogens is 346 g/mol. The van der Waals surface area contributed by atoms with Gasteiger partial charge in [0.2, 0.25) is 5.76 Å². The Kier molecular flexibility index (Phi) is 5.93. The molecule has 1 aromatic carbocycles. The fraction of sp³-hybridized carbons (Fsp3) is 0.300. The quantitative estimate of drug-likeness (QED) is 0.656. The Morgan fingerprint density at radius 3 is 2.63 bits per heavy atom. The number of benzene rings is 1. The highest BCUT2D eigenvalue weighted by Crippen LogP contribution is 2.22. The van der Waals surface area contributed by atoms with E-state index in [0.717, 1.165) is 11.3 Å². The van der Waals surface area contributed by atoms with E-state index in [1.54, 1.807) is 18.2 Å². The van der Waals surface area contributed by atoms with E-state index >= 15 is 0 Å². The maximum Gasteiger partial charge on any atom is 0.273 e. The maximum absolute atomic E-state index is 12.4. The number of hydrogen-bond donors (Lipinski definition) is 1. The van der Waals surface area contributed by atoms with Crippen LogP contribution in [-0.2, 0) is 0 Å². The van der Waals surface area contributed by atoms with E-state index < -0.39 is 0 Å². The first kappa shape index (κ1) is 18.7. The van der Waals surface area contributed by atoms with Gasteiger partial charge in [-0.1, -0.05) is 17.3 Å². The van der Waals surface area contributed by atoms with Crippen LogP contribution in [-0.4, -0.2) is 43.2 Å². The summed E-state index contributed by atoms with van der Waals surface area (Å²) in [5.41, 5.74) is 1.30. The first-order chi connectivity index (χ1) is 13.1. The van der Waals surface area contributed by atoms with Crippen LogP contribution in [0.1, 0.15) is 29.0 Å². The zero-order valence-electron chi connectivity index (χ0n) is 15.6. The molecule has 27 heavy (non-hydrogen) atoms. The Balaban J connectivity index is 1.64. The molecule has 0 aliphatic carbocycles. The molecule has 1 atom stereocenters. The van der Waals surface area contributed by atoms with E-state index in [0.29, 0.717) is 24.7 Å². The van der Waals surface area contributed by atoms with Gasteiger partial charge >= 0.3 is 0 Å². The van der Waals surface area contributed by atoms with Gasteiger partial charge in [0.15, 0.2) is 11.5 Å². The van der Waals surface area contributed by atoms with E-state index in [1.165, 1.54) is 6.26 Å². The average Bonchev–Trinajstić information content (AvgIpc) is 3.34. The van der Waals surface area contributed by atoms with Gasteiger partial charge in [-0.25, -0.2) is 0 Å². The average molecular weight is 369 g/mol. The highest BCUT2D eigenvalue weighted by Gasteiger charge is 2.19. The van der Waals surface area contributed by atoms with E-state index in [-0.39, 0.29) is 17.6 Å². The molecule has 3 aromatic rings. The summed E-state index contributed by atoms with van der Waals surface area (Å²) in [5, 5.41) is 6.73. The van der Waals surface area contributed by atoms with Crippen molar-refractivity contribution in [2.24, 2.45) is 0 Å². The molecule has 7 heteroatoms. The summed E-state index contributed by atoms with van der Waals surface area (Å²) < 4.78 is 15.9. The molecule has 0 radical (unpaired) electrons. The Bertz CT molecular complexity index is 854. The molecule has 1 amide bonds. The van der Waals surface area contributed by atoms with Crippen molar-refractivity contribution in [2.75, 3.05) is 27.2 Å².